The molecule has 2 rings (SSSR count). The van der Waals surface area contributed by atoms with E-state index in [1.54, 1.807) is 19.0 Å². The number of fused-ring (bicyclic) bond motifs is 1. The van der Waals surface area contributed by atoms with Crippen molar-refractivity contribution in [2.45, 2.75) is 38.3 Å². The minimum absolute atomic E-state index is 0.136. The molecule has 0 radical (unpaired) electrons. The number of carbonyl (C=O) groups is 1. The van der Waals surface area contributed by atoms with Crippen molar-refractivity contribution >= 4 is 5.91 Å². The quantitative estimate of drug-likeness (QED) is 0.860. The molecule has 1 unspecified atom stereocenters. The summed E-state index contributed by atoms with van der Waals surface area (Å²) in [5, 5.41) is 9.85. The Hall–Kier alpha value is -1.29. The molecule has 0 saturated carbocycles. The van der Waals surface area contributed by atoms with Gasteiger partial charge in [-0.05, 0) is 24.8 Å². The van der Waals surface area contributed by atoms with E-state index in [0.29, 0.717) is 13.0 Å². The molecule has 0 aliphatic heterocycles. The van der Waals surface area contributed by atoms with Gasteiger partial charge < -0.3 is 14.6 Å². The topological polar surface area (TPSA) is 45.5 Å². The summed E-state index contributed by atoms with van der Waals surface area (Å²) < 4.78 is 2.03. The first kappa shape index (κ1) is 12.2. The lowest BCUT2D eigenvalue weighted by atomic mass is 9.93. The number of nitrogens with zero attached hydrogens (tertiary/aromatic N) is 2. The molecule has 1 aliphatic carbocycles. The smallest absolute Gasteiger partial charge is 0.223 e. The lowest BCUT2D eigenvalue weighted by molar-refractivity contribution is -0.128. The molecule has 0 bridgehead atoms. The van der Waals surface area contributed by atoms with E-state index in [2.05, 4.69) is 6.20 Å². The molecule has 1 aromatic heterocycles. The molecule has 4 heteroatoms. The molecule has 0 fully saturated rings. The molecule has 1 amide bonds. The van der Waals surface area contributed by atoms with Crippen LogP contribution in [0.15, 0.2) is 12.4 Å². The maximum Gasteiger partial charge on any atom is 0.223 e. The van der Waals surface area contributed by atoms with Crippen molar-refractivity contribution in [2.75, 3.05) is 14.1 Å². The Bertz CT molecular complexity index is 410. The molecule has 0 spiro atoms. The summed E-state index contributed by atoms with van der Waals surface area (Å²) in [5.41, 5.74) is 2.29. The van der Waals surface area contributed by atoms with E-state index in [1.165, 1.54) is 5.56 Å². The molecule has 17 heavy (non-hydrogen) atoms. The number of rotatable bonds is 3. The first-order chi connectivity index (χ1) is 8.08. The first-order valence-corrected chi connectivity index (χ1v) is 6.14. The van der Waals surface area contributed by atoms with Crippen molar-refractivity contribution in [1.29, 1.82) is 0 Å². The van der Waals surface area contributed by atoms with E-state index in [-0.39, 0.29) is 12.0 Å². The monoisotopic (exact) mass is 236 g/mol. The number of hydrogen-bond acceptors (Lipinski definition) is 2. The summed E-state index contributed by atoms with van der Waals surface area (Å²) in [7, 11) is 3.54. The van der Waals surface area contributed by atoms with Crippen molar-refractivity contribution in [2.24, 2.45) is 0 Å². The highest BCUT2D eigenvalue weighted by atomic mass is 16.3. The fourth-order valence-corrected chi connectivity index (χ4v) is 2.30. The second-order valence-electron chi connectivity index (χ2n) is 4.92. The molecule has 1 aromatic rings. The van der Waals surface area contributed by atoms with Crippen LogP contribution in [-0.4, -0.2) is 34.6 Å². The van der Waals surface area contributed by atoms with Crippen LogP contribution in [0.5, 0.6) is 0 Å². The van der Waals surface area contributed by atoms with Crippen molar-refractivity contribution in [3.63, 3.8) is 0 Å². The zero-order valence-corrected chi connectivity index (χ0v) is 10.5. The van der Waals surface area contributed by atoms with E-state index in [0.717, 1.165) is 24.8 Å². The molecular weight excluding hydrogens is 216 g/mol. The number of carbonyl (C=O) groups excluding carboxylic acids is 1. The second-order valence-corrected chi connectivity index (χ2v) is 4.92. The van der Waals surface area contributed by atoms with Gasteiger partial charge in [0.1, 0.15) is 0 Å². The van der Waals surface area contributed by atoms with Gasteiger partial charge in [-0.25, -0.2) is 0 Å². The van der Waals surface area contributed by atoms with Gasteiger partial charge >= 0.3 is 0 Å². The number of hydrogen-bond donors (Lipinski definition) is 1. The lowest BCUT2D eigenvalue weighted by Gasteiger charge is -2.16. The average molecular weight is 236 g/mol. The van der Waals surface area contributed by atoms with E-state index in [4.69, 9.17) is 0 Å². The van der Waals surface area contributed by atoms with Crippen molar-refractivity contribution in [3.05, 3.63) is 23.5 Å². The predicted molar refractivity (Wildman–Crippen MR) is 65.6 cm³/mol. The van der Waals surface area contributed by atoms with E-state index >= 15 is 0 Å². The maximum absolute atomic E-state index is 11.5. The highest BCUT2D eigenvalue weighted by molar-refractivity contribution is 5.75. The van der Waals surface area contributed by atoms with Crippen LogP contribution in [0, 0.1) is 0 Å². The Morgan fingerprint density at radius 2 is 2.29 bits per heavy atom. The Kier molecular flexibility index (Phi) is 3.52. The highest BCUT2D eigenvalue weighted by Gasteiger charge is 2.19. The van der Waals surface area contributed by atoms with Crippen LogP contribution in [0.3, 0.4) is 0 Å². The molecule has 1 N–H and O–H groups in total. The lowest BCUT2D eigenvalue weighted by Crippen LogP contribution is -2.22. The third-order valence-electron chi connectivity index (χ3n) is 3.36. The fourth-order valence-electron chi connectivity index (χ4n) is 2.30. The standard InChI is InChI=1S/C13H20N2O2/c1-14(2)13(17)6-7-15-8-10-4-3-5-12(16)11(10)9-15/h8-9,12,16H,3-7H2,1-2H3. The first-order valence-electron chi connectivity index (χ1n) is 6.14. The van der Waals surface area contributed by atoms with Crippen LogP contribution in [0.25, 0.3) is 0 Å². The van der Waals surface area contributed by atoms with Crippen molar-refractivity contribution < 1.29 is 9.90 Å². The van der Waals surface area contributed by atoms with Gasteiger partial charge in [-0.3, -0.25) is 4.79 Å². The molecule has 4 nitrogen and oxygen atoms in total. The second kappa shape index (κ2) is 4.92. The third-order valence-corrected chi connectivity index (χ3v) is 3.36. The van der Waals surface area contributed by atoms with Crippen LogP contribution < -0.4 is 0 Å². The minimum Gasteiger partial charge on any atom is -0.388 e. The Morgan fingerprint density at radius 1 is 1.53 bits per heavy atom. The van der Waals surface area contributed by atoms with Crippen LogP contribution >= 0.6 is 0 Å². The van der Waals surface area contributed by atoms with Crippen LogP contribution in [0.4, 0.5) is 0 Å². The number of aryl methyl sites for hydroxylation is 2. The summed E-state index contributed by atoms with van der Waals surface area (Å²) in [6, 6.07) is 0. The normalized spacial score (nSPS) is 18.9. The molecule has 94 valence electrons. The Labute approximate surface area is 102 Å². The van der Waals surface area contributed by atoms with Gasteiger partial charge in [-0.15, -0.1) is 0 Å². The average Bonchev–Trinajstić information content (AvgIpc) is 2.70. The number of aliphatic hydroxyl groups is 1. The maximum atomic E-state index is 11.5. The summed E-state index contributed by atoms with van der Waals surface area (Å²) in [6.45, 7) is 0.691. The van der Waals surface area contributed by atoms with Crippen LogP contribution in [0.1, 0.15) is 36.5 Å². The van der Waals surface area contributed by atoms with E-state index < -0.39 is 0 Å². The summed E-state index contributed by atoms with van der Waals surface area (Å²) in [6.07, 6.45) is 7.20. The zero-order chi connectivity index (χ0) is 12.4. The highest BCUT2D eigenvalue weighted by Crippen LogP contribution is 2.30. The largest absolute Gasteiger partial charge is 0.388 e. The number of aliphatic hydroxyl groups excluding tert-OH is 1. The predicted octanol–water partition coefficient (Wildman–Crippen LogP) is 1.34. The Balaban J connectivity index is 2.01. The van der Waals surface area contributed by atoms with Crippen molar-refractivity contribution in [3.8, 4) is 0 Å². The summed E-state index contributed by atoms with van der Waals surface area (Å²) in [5.74, 6) is 0.136. The number of amides is 1. The van der Waals surface area contributed by atoms with E-state index in [1.807, 2.05) is 10.8 Å². The molecule has 1 heterocycles. The van der Waals surface area contributed by atoms with Gasteiger partial charge in [0.2, 0.25) is 5.91 Å². The molecule has 1 aliphatic rings. The fraction of sp³-hybridized carbons (Fsp3) is 0.615. The van der Waals surface area contributed by atoms with Crippen LogP contribution in [0.2, 0.25) is 0 Å². The van der Waals surface area contributed by atoms with E-state index in [9.17, 15) is 9.90 Å². The summed E-state index contributed by atoms with van der Waals surface area (Å²) >= 11 is 0. The van der Waals surface area contributed by atoms with Gasteiger partial charge in [0.05, 0.1) is 6.10 Å². The van der Waals surface area contributed by atoms with Gasteiger partial charge in [-0.1, -0.05) is 0 Å². The van der Waals surface area contributed by atoms with Crippen LogP contribution in [-0.2, 0) is 17.8 Å². The van der Waals surface area contributed by atoms with Gasteiger partial charge in [0.15, 0.2) is 0 Å². The number of aromatic nitrogens is 1. The third kappa shape index (κ3) is 2.69. The van der Waals surface area contributed by atoms with Gasteiger partial charge in [0.25, 0.3) is 0 Å². The van der Waals surface area contributed by atoms with Gasteiger partial charge in [-0.2, -0.15) is 0 Å². The van der Waals surface area contributed by atoms with Crippen molar-refractivity contribution in [1.82, 2.24) is 9.47 Å². The molecular formula is C13H20N2O2. The van der Waals surface area contributed by atoms with Gasteiger partial charge in [0, 0.05) is 45.0 Å². The minimum atomic E-state index is -0.315. The zero-order valence-electron chi connectivity index (χ0n) is 10.5. The summed E-state index contributed by atoms with van der Waals surface area (Å²) in [4.78, 5) is 13.1. The molecule has 1 atom stereocenters. The SMILES string of the molecule is CN(C)C(=O)CCn1cc2c(c1)C(O)CCC2. The molecule has 0 saturated heterocycles. The molecule has 0 aromatic carbocycles. The Morgan fingerprint density at radius 3 is 2.94 bits per heavy atom.